The van der Waals surface area contributed by atoms with Crippen LogP contribution in [0.3, 0.4) is 0 Å². The number of likely N-dealkylation sites (tertiary alicyclic amines) is 1. The molecular weight excluding hydrogens is 281 g/mol. The smallest absolute Gasteiger partial charge is 0.130 e. The lowest BCUT2D eigenvalue weighted by molar-refractivity contribution is 0.157. The zero-order valence-corrected chi connectivity index (χ0v) is 13.1. The molecule has 0 unspecified atom stereocenters. The Kier molecular flexibility index (Phi) is 5.46. The summed E-state index contributed by atoms with van der Waals surface area (Å²) in [4.78, 5) is 8.83. The lowest BCUT2D eigenvalue weighted by atomic mass is 9.96. The molecule has 0 N–H and O–H groups in total. The molecule has 0 radical (unpaired) electrons. The summed E-state index contributed by atoms with van der Waals surface area (Å²) in [6.45, 7) is 4.34. The van der Waals surface area contributed by atoms with E-state index < -0.39 is 0 Å². The minimum Gasteiger partial charge on any atom is -0.309 e. The van der Waals surface area contributed by atoms with Crippen molar-refractivity contribution in [2.75, 3.05) is 33.7 Å². The summed E-state index contributed by atoms with van der Waals surface area (Å²) in [5, 5.41) is 1.17. The van der Waals surface area contributed by atoms with E-state index in [2.05, 4.69) is 28.9 Å². The summed E-state index contributed by atoms with van der Waals surface area (Å²) in [5.41, 5.74) is 1.07. The second-order valence-electron chi connectivity index (χ2n) is 5.58. The fraction of sp³-hybridized carbons (Fsp3) is 0.643. The predicted molar refractivity (Wildman–Crippen MR) is 80.8 cm³/mol. The van der Waals surface area contributed by atoms with Crippen molar-refractivity contribution in [1.29, 1.82) is 0 Å². The fourth-order valence-corrected chi connectivity index (χ4v) is 3.06. The molecule has 0 amide bonds. The molecule has 19 heavy (non-hydrogen) atoms. The summed E-state index contributed by atoms with van der Waals surface area (Å²) in [5.74, 6) is 0.824. The summed E-state index contributed by atoms with van der Waals surface area (Å²) in [7, 11) is 4.29. The van der Waals surface area contributed by atoms with Crippen molar-refractivity contribution in [3.8, 4) is 0 Å². The number of hydrogen-bond donors (Lipinski definition) is 0. The van der Waals surface area contributed by atoms with Gasteiger partial charge in [0.2, 0.25) is 0 Å². The quantitative estimate of drug-likeness (QED) is 0.796. The minimum atomic E-state index is 0.457. The highest BCUT2D eigenvalue weighted by Crippen LogP contribution is 2.23. The van der Waals surface area contributed by atoms with Crippen molar-refractivity contribution < 1.29 is 0 Å². The lowest BCUT2D eigenvalue weighted by Crippen LogP contribution is -2.36. The number of rotatable bonds is 4. The van der Waals surface area contributed by atoms with Crippen LogP contribution in [0.5, 0.6) is 0 Å². The molecule has 1 aliphatic rings. The number of hydrogen-bond acceptors (Lipinski definition) is 3. The van der Waals surface area contributed by atoms with Gasteiger partial charge >= 0.3 is 0 Å². The molecule has 2 rings (SSSR count). The number of aromatic nitrogens is 1. The van der Waals surface area contributed by atoms with E-state index in [1.165, 1.54) is 19.4 Å². The van der Waals surface area contributed by atoms with Gasteiger partial charge in [-0.2, -0.15) is 0 Å². The van der Waals surface area contributed by atoms with E-state index in [9.17, 15) is 0 Å². The summed E-state index contributed by atoms with van der Waals surface area (Å²) < 4.78 is 0. The van der Waals surface area contributed by atoms with Gasteiger partial charge in [0.05, 0.1) is 0 Å². The van der Waals surface area contributed by atoms with Crippen molar-refractivity contribution >= 4 is 23.2 Å². The van der Waals surface area contributed by atoms with Crippen LogP contribution in [-0.4, -0.2) is 48.5 Å². The van der Waals surface area contributed by atoms with E-state index in [0.717, 1.165) is 36.1 Å². The Morgan fingerprint density at radius 2 is 2.00 bits per heavy atom. The monoisotopic (exact) mass is 301 g/mol. The second kappa shape index (κ2) is 6.89. The zero-order chi connectivity index (χ0) is 13.8. The molecule has 3 nitrogen and oxygen atoms in total. The number of pyridine rings is 1. The van der Waals surface area contributed by atoms with Gasteiger partial charge in [0.15, 0.2) is 0 Å². The fourth-order valence-electron chi connectivity index (χ4n) is 2.64. The number of nitrogens with zero attached hydrogens (tertiary/aromatic N) is 3. The molecule has 2 heterocycles. The molecule has 0 atom stereocenters. The zero-order valence-electron chi connectivity index (χ0n) is 11.6. The van der Waals surface area contributed by atoms with Gasteiger partial charge in [-0.1, -0.05) is 23.2 Å². The van der Waals surface area contributed by atoms with Crippen molar-refractivity contribution in [1.82, 2.24) is 14.8 Å². The molecule has 1 aliphatic heterocycles. The van der Waals surface area contributed by atoms with Gasteiger partial charge in [-0.25, -0.2) is 4.98 Å². The molecule has 1 fully saturated rings. The molecule has 0 bridgehead atoms. The first kappa shape index (κ1) is 15.0. The number of piperidine rings is 1. The van der Waals surface area contributed by atoms with Crippen LogP contribution in [-0.2, 0) is 6.54 Å². The Bertz CT molecular complexity index is 415. The average Bonchev–Trinajstić information content (AvgIpc) is 2.34. The topological polar surface area (TPSA) is 19.4 Å². The Hall–Kier alpha value is -0.350. The highest BCUT2D eigenvalue weighted by molar-refractivity contribution is 6.34. The second-order valence-corrected chi connectivity index (χ2v) is 6.37. The third-order valence-electron chi connectivity index (χ3n) is 3.62. The highest BCUT2D eigenvalue weighted by Gasteiger charge is 2.20. The van der Waals surface area contributed by atoms with Crippen molar-refractivity contribution in [3.63, 3.8) is 0 Å². The third kappa shape index (κ3) is 4.60. The minimum absolute atomic E-state index is 0.457. The Labute approximate surface area is 125 Å². The van der Waals surface area contributed by atoms with E-state index in [1.807, 2.05) is 0 Å². The summed E-state index contributed by atoms with van der Waals surface area (Å²) in [6.07, 6.45) is 4.31. The molecular formula is C14H21Cl2N3. The van der Waals surface area contributed by atoms with Gasteiger partial charge < -0.3 is 4.90 Å². The molecule has 0 saturated carbocycles. The SMILES string of the molecule is CN(C)CC1CCN(Cc2cnc(Cl)cc2Cl)CC1. The summed E-state index contributed by atoms with van der Waals surface area (Å²) >= 11 is 12.0. The highest BCUT2D eigenvalue weighted by atomic mass is 35.5. The van der Waals surface area contributed by atoms with Crippen molar-refractivity contribution in [3.05, 3.63) is 28.0 Å². The van der Waals surface area contributed by atoms with Crippen LogP contribution in [0.4, 0.5) is 0 Å². The Morgan fingerprint density at radius 3 is 2.58 bits per heavy atom. The summed E-state index contributed by atoms with van der Waals surface area (Å²) in [6, 6.07) is 1.72. The maximum absolute atomic E-state index is 6.19. The van der Waals surface area contributed by atoms with Crippen LogP contribution in [0.25, 0.3) is 0 Å². The largest absolute Gasteiger partial charge is 0.309 e. The average molecular weight is 302 g/mol. The van der Waals surface area contributed by atoms with E-state index >= 15 is 0 Å². The van der Waals surface area contributed by atoms with Crippen molar-refractivity contribution in [2.45, 2.75) is 19.4 Å². The van der Waals surface area contributed by atoms with Crippen LogP contribution >= 0.6 is 23.2 Å². The number of halogens is 2. The first-order valence-electron chi connectivity index (χ1n) is 6.71. The Morgan fingerprint density at radius 1 is 1.32 bits per heavy atom. The molecule has 1 aromatic heterocycles. The van der Waals surface area contributed by atoms with E-state index in [0.29, 0.717) is 5.15 Å². The maximum atomic E-state index is 6.19. The molecule has 0 aliphatic carbocycles. The van der Waals surface area contributed by atoms with Crippen LogP contribution in [0.1, 0.15) is 18.4 Å². The van der Waals surface area contributed by atoms with Gasteiger partial charge in [0, 0.05) is 29.9 Å². The van der Waals surface area contributed by atoms with Gasteiger partial charge in [0.25, 0.3) is 0 Å². The standard InChI is InChI=1S/C14H21Cl2N3/c1-18(2)9-11-3-5-19(6-4-11)10-12-8-17-14(16)7-13(12)15/h7-8,11H,3-6,9-10H2,1-2H3. The molecule has 1 saturated heterocycles. The Balaban J connectivity index is 1.85. The van der Waals surface area contributed by atoms with Crippen LogP contribution in [0, 0.1) is 5.92 Å². The molecule has 5 heteroatoms. The molecule has 1 aromatic rings. The van der Waals surface area contributed by atoms with Gasteiger partial charge in [0.1, 0.15) is 5.15 Å². The predicted octanol–water partition coefficient (Wildman–Crippen LogP) is 3.16. The van der Waals surface area contributed by atoms with E-state index in [1.54, 1.807) is 12.3 Å². The maximum Gasteiger partial charge on any atom is 0.130 e. The van der Waals surface area contributed by atoms with Crippen LogP contribution < -0.4 is 0 Å². The lowest BCUT2D eigenvalue weighted by Gasteiger charge is -2.33. The van der Waals surface area contributed by atoms with Crippen molar-refractivity contribution in [2.24, 2.45) is 5.92 Å². The van der Waals surface area contributed by atoms with Gasteiger partial charge in [-0.3, -0.25) is 4.90 Å². The normalized spacial score (nSPS) is 18.2. The van der Waals surface area contributed by atoms with E-state index in [4.69, 9.17) is 23.2 Å². The van der Waals surface area contributed by atoms with Gasteiger partial charge in [-0.05, 0) is 52.0 Å². The first-order chi connectivity index (χ1) is 9.04. The van der Waals surface area contributed by atoms with Crippen LogP contribution in [0.2, 0.25) is 10.2 Å². The first-order valence-corrected chi connectivity index (χ1v) is 7.47. The molecule has 106 valence electrons. The van der Waals surface area contributed by atoms with E-state index in [-0.39, 0.29) is 0 Å². The van der Waals surface area contributed by atoms with Gasteiger partial charge in [-0.15, -0.1) is 0 Å². The van der Waals surface area contributed by atoms with Crippen LogP contribution in [0.15, 0.2) is 12.3 Å². The molecule has 0 aromatic carbocycles. The molecule has 0 spiro atoms. The third-order valence-corrected chi connectivity index (χ3v) is 4.18.